The van der Waals surface area contributed by atoms with E-state index in [4.69, 9.17) is 23.2 Å². The summed E-state index contributed by atoms with van der Waals surface area (Å²) in [7, 11) is 0. The van der Waals surface area contributed by atoms with E-state index in [9.17, 15) is 4.79 Å². The van der Waals surface area contributed by atoms with Crippen molar-refractivity contribution in [2.24, 2.45) is 0 Å². The van der Waals surface area contributed by atoms with E-state index < -0.39 is 0 Å². The first kappa shape index (κ1) is 16.5. The summed E-state index contributed by atoms with van der Waals surface area (Å²) in [4.78, 5) is 20.1. The molecule has 2 rings (SSSR count). The van der Waals surface area contributed by atoms with Crippen LogP contribution in [0.25, 0.3) is 0 Å². The second kappa shape index (κ2) is 7.42. The molecule has 5 nitrogen and oxygen atoms in total. The first-order valence-corrected chi connectivity index (χ1v) is 7.60. The normalized spacial score (nSPS) is 11.8. The van der Waals surface area contributed by atoms with Crippen LogP contribution >= 0.6 is 23.2 Å². The van der Waals surface area contributed by atoms with E-state index in [1.807, 2.05) is 13.8 Å². The Morgan fingerprint density at radius 2 is 2.09 bits per heavy atom. The zero-order valence-electron chi connectivity index (χ0n) is 12.2. The van der Waals surface area contributed by atoms with Gasteiger partial charge in [-0.25, -0.2) is 9.97 Å². The zero-order chi connectivity index (χ0) is 16.1. The van der Waals surface area contributed by atoms with E-state index in [1.165, 1.54) is 6.33 Å². The van der Waals surface area contributed by atoms with Crippen LogP contribution in [0.5, 0.6) is 0 Å². The number of benzene rings is 1. The summed E-state index contributed by atoms with van der Waals surface area (Å²) < 4.78 is 0. The maximum absolute atomic E-state index is 12.1. The van der Waals surface area contributed by atoms with Crippen molar-refractivity contribution in [1.29, 1.82) is 0 Å². The fourth-order valence-corrected chi connectivity index (χ4v) is 2.04. The minimum atomic E-state index is -0.239. The molecule has 0 aliphatic heterocycles. The number of carbonyl (C=O) groups is 1. The number of rotatable bonds is 5. The molecule has 7 heteroatoms. The molecule has 0 saturated carbocycles. The Morgan fingerprint density at radius 1 is 1.32 bits per heavy atom. The minimum Gasteiger partial charge on any atom is -0.348 e. The number of amides is 1. The molecule has 0 spiro atoms. The van der Waals surface area contributed by atoms with Crippen molar-refractivity contribution < 1.29 is 4.79 Å². The maximum Gasteiger partial charge on any atom is 0.270 e. The summed E-state index contributed by atoms with van der Waals surface area (Å²) in [6.07, 6.45) is 2.17. The zero-order valence-corrected chi connectivity index (χ0v) is 13.7. The van der Waals surface area contributed by atoms with Crippen molar-refractivity contribution in [1.82, 2.24) is 15.3 Å². The number of nitrogens with zero attached hydrogens (tertiary/aromatic N) is 2. The minimum absolute atomic E-state index is 0.0845. The van der Waals surface area contributed by atoms with Gasteiger partial charge < -0.3 is 10.6 Å². The van der Waals surface area contributed by atoms with Crippen LogP contribution in [0.2, 0.25) is 10.0 Å². The molecular formula is C15H16Cl2N4O. The Kier molecular flexibility index (Phi) is 5.57. The number of nitrogens with one attached hydrogen (secondary N) is 2. The summed E-state index contributed by atoms with van der Waals surface area (Å²) in [5.74, 6) is 0.227. The lowest BCUT2D eigenvalue weighted by Gasteiger charge is -2.12. The molecule has 22 heavy (non-hydrogen) atoms. The lowest BCUT2D eigenvalue weighted by atomic mass is 10.2. The van der Waals surface area contributed by atoms with Crippen molar-refractivity contribution in [3.05, 3.63) is 46.3 Å². The average molecular weight is 339 g/mol. The van der Waals surface area contributed by atoms with Crippen molar-refractivity contribution in [2.45, 2.75) is 26.3 Å². The predicted octanol–water partition coefficient (Wildman–Crippen LogP) is 4.06. The van der Waals surface area contributed by atoms with Crippen LogP contribution in [0.15, 0.2) is 30.6 Å². The van der Waals surface area contributed by atoms with Gasteiger partial charge in [0, 0.05) is 12.1 Å². The Bertz CT molecular complexity index is 678. The molecule has 0 aliphatic rings. The number of halogens is 2. The monoisotopic (exact) mass is 338 g/mol. The molecule has 0 radical (unpaired) electrons. The van der Waals surface area contributed by atoms with Gasteiger partial charge in [0.1, 0.15) is 17.8 Å². The van der Waals surface area contributed by atoms with Gasteiger partial charge >= 0.3 is 0 Å². The van der Waals surface area contributed by atoms with Crippen LogP contribution in [-0.4, -0.2) is 21.9 Å². The fourth-order valence-electron chi connectivity index (χ4n) is 1.69. The Hall–Kier alpha value is -1.85. The highest BCUT2D eigenvalue weighted by molar-refractivity contribution is 6.43. The summed E-state index contributed by atoms with van der Waals surface area (Å²) in [5.41, 5.74) is 0.900. The lowest BCUT2D eigenvalue weighted by Crippen LogP contribution is -2.32. The van der Waals surface area contributed by atoms with Gasteiger partial charge in [-0.05, 0) is 25.5 Å². The molecule has 0 aliphatic carbocycles. The molecule has 1 unspecified atom stereocenters. The highest BCUT2D eigenvalue weighted by Crippen LogP contribution is 2.31. The van der Waals surface area contributed by atoms with Gasteiger partial charge in [-0.3, -0.25) is 4.79 Å². The summed E-state index contributed by atoms with van der Waals surface area (Å²) in [5, 5.41) is 6.72. The molecule has 0 saturated heterocycles. The molecule has 1 aromatic heterocycles. The third-order valence-corrected chi connectivity index (χ3v) is 3.92. The highest BCUT2D eigenvalue weighted by atomic mass is 35.5. The van der Waals surface area contributed by atoms with Gasteiger partial charge in [0.05, 0.1) is 15.7 Å². The van der Waals surface area contributed by atoms with Gasteiger partial charge in [-0.2, -0.15) is 0 Å². The maximum atomic E-state index is 12.1. The number of carbonyl (C=O) groups excluding carboxylic acids is 1. The molecule has 1 atom stereocenters. The molecular weight excluding hydrogens is 323 g/mol. The highest BCUT2D eigenvalue weighted by Gasteiger charge is 2.12. The molecule has 116 valence electrons. The number of hydrogen-bond acceptors (Lipinski definition) is 4. The molecule has 0 bridgehead atoms. The van der Waals surface area contributed by atoms with Crippen molar-refractivity contribution in [2.75, 3.05) is 5.32 Å². The first-order valence-electron chi connectivity index (χ1n) is 6.85. The largest absolute Gasteiger partial charge is 0.348 e. The van der Waals surface area contributed by atoms with Crippen LogP contribution in [0.4, 0.5) is 11.5 Å². The van der Waals surface area contributed by atoms with Crippen LogP contribution in [0.1, 0.15) is 30.8 Å². The van der Waals surface area contributed by atoms with E-state index in [-0.39, 0.29) is 17.6 Å². The van der Waals surface area contributed by atoms with Crippen LogP contribution < -0.4 is 10.6 Å². The summed E-state index contributed by atoms with van der Waals surface area (Å²) >= 11 is 12.1. The third kappa shape index (κ3) is 4.08. The smallest absolute Gasteiger partial charge is 0.270 e. The second-order valence-corrected chi connectivity index (χ2v) is 5.58. The lowest BCUT2D eigenvalue weighted by molar-refractivity contribution is 0.0934. The molecule has 1 amide bonds. The predicted molar refractivity (Wildman–Crippen MR) is 89.0 cm³/mol. The summed E-state index contributed by atoms with van der Waals surface area (Å²) in [6.45, 7) is 3.93. The number of hydrogen-bond donors (Lipinski definition) is 2. The Morgan fingerprint density at radius 3 is 2.82 bits per heavy atom. The van der Waals surface area contributed by atoms with Crippen LogP contribution in [0.3, 0.4) is 0 Å². The van der Waals surface area contributed by atoms with E-state index in [0.717, 1.165) is 6.42 Å². The quantitative estimate of drug-likeness (QED) is 0.862. The van der Waals surface area contributed by atoms with Gasteiger partial charge in [0.15, 0.2) is 0 Å². The molecule has 2 N–H and O–H groups in total. The molecule has 1 aromatic carbocycles. The van der Waals surface area contributed by atoms with E-state index >= 15 is 0 Å². The topological polar surface area (TPSA) is 66.9 Å². The van der Waals surface area contributed by atoms with Gasteiger partial charge in [0.25, 0.3) is 5.91 Å². The molecule has 1 heterocycles. The molecule has 0 fully saturated rings. The molecule has 2 aromatic rings. The van der Waals surface area contributed by atoms with E-state index in [1.54, 1.807) is 24.3 Å². The first-order chi connectivity index (χ1) is 10.5. The van der Waals surface area contributed by atoms with Crippen LogP contribution in [0, 0.1) is 0 Å². The van der Waals surface area contributed by atoms with Gasteiger partial charge in [0.2, 0.25) is 0 Å². The fraction of sp³-hybridized carbons (Fsp3) is 0.267. The van der Waals surface area contributed by atoms with Gasteiger partial charge in [-0.15, -0.1) is 0 Å². The number of aromatic nitrogens is 2. The third-order valence-electron chi connectivity index (χ3n) is 3.10. The van der Waals surface area contributed by atoms with Crippen molar-refractivity contribution in [3.8, 4) is 0 Å². The average Bonchev–Trinajstić information content (AvgIpc) is 2.52. The summed E-state index contributed by atoms with van der Waals surface area (Å²) in [6, 6.07) is 6.89. The number of anilines is 2. The SMILES string of the molecule is CCC(C)NC(=O)c1cc(Nc2cccc(Cl)c2Cl)ncn1. The van der Waals surface area contributed by atoms with Gasteiger partial charge in [-0.1, -0.05) is 36.2 Å². The van der Waals surface area contributed by atoms with E-state index in [0.29, 0.717) is 21.6 Å². The van der Waals surface area contributed by atoms with Crippen molar-refractivity contribution >= 4 is 40.6 Å². The van der Waals surface area contributed by atoms with E-state index in [2.05, 4.69) is 20.6 Å². The van der Waals surface area contributed by atoms with Crippen LogP contribution in [-0.2, 0) is 0 Å². The second-order valence-electron chi connectivity index (χ2n) is 4.80. The Balaban J connectivity index is 2.18. The standard InChI is InChI=1S/C15H16Cl2N4O/c1-3-9(2)20-15(22)12-7-13(19-8-18-12)21-11-6-4-5-10(16)14(11)17/h4-9H,3H2,1-2H3,(H,20,22)(H,18,19,21). The Labute approximate surface area is 139 Å². The van der Waals surface area contributed by atoms with Crippen molar-refractivity contribution in [3.63, 3.8) is 0 Å².